The number of aliphatic hydroxyl groups excluding tert-OH is 3. The highest BCUT2D eigenvalue weighted by molar-refractivity contribution is 5.69. The normalized spacial score (nSPS) is 27.2. The number of alkyl carbamates (subject to hydrolysis) is 5. The van der Waals surface area contributed by atoms with Gasteiger partial charge < -0.3 is 99.7 Å². The highest BCUT2D eigenvalue weighted by Crippen LogP contribution is 2.34. The molecule has 0 bridgehead atoms. The summed E-state index contributed by atoms with van der Waals surface area (Å²) in [4.78, 5) is 66.3. The van der Waals surface area contributed by atoms with E-state index in [0.29, 0.717) is 16.7 Å². The van der Waals surface area contributed by atoms with Gasteiger partial charge in [0.05, 0.1) is 44.1 Å². The molecule has 9 rings (SSSR count). The molecule has 1 aliphatic carbocycles. The van der Waals surface area contributed by atoms with E-state index >= 15 is 0 Å². The molecule has 0 aromatic heterocycles. The SMILES string of the molecule is N[C@@H]1C[C@H](NC(=O)OCc2ccccc2)[C@@H](O[C@H]2O[C@H](CNC(=O)OCc3ccccc3)C=C[C@H]2NC(=O)OCc2ccccc2)[C@H](O[C@@H]2O[C@H](CO)[C@@H](O[C@H]3O[C@@H](CNC(=O)OCc4ccccc4)C=C[C@H]3NC(=O)OCc3ccccc3)[C@H]2O)[C@H]1O. The zero-order valence-electron chi connectivity index (χ0n) is 47.7. The molecule has 88 heavy (non-hydrogen) atoms. The number of nitrogens with two attached hydrogens (primary N) is 1. The molecule has 10 N–H and O–H groups in total. The summed E-state index contributed by atoms with van der Waals surface area (Å²) in [6.07, 6.45) is -14.0. The van der Waals surface area contributed by atoms with Crippen LogP contribution in [0.1, 0.15) is 34.2 Å². The molecule has 0 spiro atoms. The fourth-order valence-corrected chi connectivity index (χ4v) is 9.91. The summed E-state index contributed by atoms with van der Waals surface area (Å²) in [6, 6.07) is 40.3. The number of hydrogen-bond acceptors (Lipinski definition) is 20. The fraction of sp³-hybridized carbons (Fsp3) is 0.381. The van der Waals surface area contributed by atoms with Gasteiger partial charge in [-0.3, -0.25) is 0 Å². The van der Waals surface area contributed by atoms with Gasteiger partial charge in [-0.25, -0.2) is 24.0 Å². The molecule has 0 unspecified atom stereocenters. The van der Waals surface area contributed by atoms with Crippen molar-refractivity contribution < 1.29 is 91.4 Å². The Morgan fingerprint density at radius 2 is 0.784 bits per heavy atom. The Kier molecular flexibility index (Phi) is 23.6. The number of carbonyl (C=O) groups excluding carboxylic acids is 5. The van der Waals surface area contributed by atoms with E-state index in [0.717, 1.165) is 11.1 Å². The standard InChI is InChI=1S/C63H72N6O19/c64-46-30-49(69-63(77)82-38-43-24-14-5-15-25-43)53(86-56-47(67-61(75)80-36-41-20-10-3-11-21-41)28-26-44(83-56)31-65-59(73)78-34-39-16-6-1-7-17-39)55(51(46)71)88-58-52(72)54(50(33-70)85-58)87-57-48(68-62(76)81-37-42-22-12-4-13-23-42)29-27-45(84-57)32-66-60(74)79-35-40-18-8-2-9-19-40/h1-29,44-58,70-72H,30-38,64H2,(H,65,73)(H,66,74)(H,67,75)(H,68,76)(H,69,77)/t44-,45+,46+,47+,48+,49-,50+,51-,52+,53+,54+,55+,56+,57+,58-/m0/s1. The summed E-state index contributed by atoms with van der Waals surface area (Å²) in [5.74, 6) is 0. The van der Waals surface area contributed by atoms with E-state index in [2.05, 4.69) is 26.6 Å². The first kappa shape index (κ1) is 64.0. The molecule has 1 saturated heterocycles. The molecular weight excluding hydrogens is 1140 g/mol. The van der Waals surface area contributed by atoms with Crippen molar-refractivity contribution in [3.05, 3.63) is 204 Å². The summed E-state index contributed by atoms with van der Waals surface area (Å²) in [5.41, 5.74) is 10.2. The smallest absolute Gasteiger partial charge is 0.408 e. The van der Waals surface area contributed by atoms with Crippen molar-refractivity contribution >= 4 is 30.5 Å². The van der Waals surface area contributed by atoms with Crippen LogP contribution in [0.2, 0.25) is 0 Å². The Bertz CT molecular complexity index is 3050. The lowest BCUT2D eigenvalue weighted by Gasteiger charge is -2.46. The Hall–Kier alpha value is -8.47. The summed E-state index contributed by atoms with van der Waals surface area (Å²) in [7, 11) is 0. The van der Waals surface area contributed by atoms with Gasteiger partial charge in [-0.15, -0.1) is 0 Å². The van der Waals surface area contributed by atoms with E-state index < -0.39 is 129 Å². The van der Waals surface area contributed by atoms with Gasteiger partial charge in [0.15, 0.2) is 18.9 Å². The summed E-state index contributed by atoms with van der Waals surface area (Å²) in [6.45, 7) is -1.37. The molecule has 2 fully saturated rings. The lowest BCUT2D eigenvalue weighted by Crippen LogP contribution is -2.67. The molecule has 5 aromatic rings. The quantitative estimate of drug-likeness (QED) is 0.0301. The number of ether oxygens (including phenoxy) is 11. The maximum absolute atomic E-state index is 13.8. The second kappa shape index (κ2) is 32.5. The zero-order valence-corrected chi connectivity index (χ0v) is 47.7. The van der Waals surface area contributed by atoms with Gasteiger partial charge in [0.2, 0.25) is 0 Å². The lowest BCUT2D eigenvalue weighted by atomic mass is 9.84. The number of carbonyl (C=O) groups is 5. The molecule has 25 nitrogen and oxygen atoms in total. The second-order valence-corrected chi connectivity index (χ2v) is 20.9. The Morgan fingerprint density at radius 1 is 0.432 bits per heavy atom. The van der Waals surface area contributed by atoms with Crippen LogP contribution in [-0.2, 0) is 85.1 Å². The minimum atomic E-state index is -1.81. The van der Waals surface area contributed by atoms with E-state index in [1.807, 2.05) is 48.5 Å². The largest absolute Gasteiger partial charge is 0.445 e. The summed E-state index contributed by atoms with van der Waals surface area (Å²) < 4.78 is 66.0. The molecule has 3 aliphatic heterocycles. The first-order valence-electron chi connectivity index (χ1n) is 28.7. The van der Waals surface area contributed by atoms with Crippen LogP contribution in [0.3, 0.4) is 0 Å². The first-order chi connectivity index (χ1) is 42.8. The van der Waals surface area contributed by atoms with Gasteiger partial charge in [0.1, 0.15) is 75.6 Å². The van der Waals surface area contributed by atoms with Crippen molar-refractivity contribution in [3.63, 3.8) is 0 Å². The maximum Gasteiger partial charge on any atom is 0.408 e. The van der Waals surface area contributed by atoms with Crippen molar-refractivity contribution in [2.45, 2.75) is 131 Å². The molecule has 468 valence electrons. The number of amides is 5. The third kappa shape index (κ3) is 19.0. The highest BCUT2D eigenvalue weighted by atomic mass is 16.8. The minimum absolute atomic E-state index is 0.000563. The lowest BCUT2D eigenvalue weighted by molar-refractivity contribution is -0.281. The maximum atomic E-state index is 13.8. The van der Waals surface area contributed by atoms with Crippen molar-refractivity contribution in [3.8, 4) is 0 Å². The number of hydrogen-bond donors (Lipinski definition) is 9. The van der Waals surface area contributed by atoms with Gasteiger partial charge in [0, 0.05) is 6.04 Å². The molecule has 4 aliphatic rings. The van der Waals surface area contributed by atoms with Crippen molar-refractivity contribution in [2.75, 3.05) is 19.7 Å². The van der Waals surface area contributed by atoms with Crippen LogP contribution in [0.15, 0.2) is 176 Å². The van der Waals surface area contributed by atoms with Crippen molar-refractivity contribution in [2.24, 2.45) is 5.73 Å². The van der Waals surface area contributed by atoms with Gasteiger partial charge >= 0.3 is 30.5 Å². The monoisotopic (exact) mass is 1220 g/mol. The number of nitrogens with one attached hydrogen (secondary N) is 5. The zero-order chi connectivity index (χ0) is 61.6. The summed E-state index contributed by atoms with van der Waals surface area (Å²) in [5, 5.41) is 48.7. The van der Waals surface area contributed by atoms with Crippen LogP contribution in [0.5, 0.6) is 0 Å². The molecule has 5 amide bonds. The highest BCUT2D eigenvalue weighted by Gasteiger charge is 2.54. The van der Waals surface area contributed by atoms with Gasteiger partial charge in [-0.05, 0) is 34.2 Å². The average molecular weight is 1220 g/mol. The van der Waals surface area contributed by atoms with Crippen LogP contribution in [0, 0.1) is 0 Å². The van der Waals surface area contributed by atoms with Crippen molar-refractivity contribution in [1.29, 1.82) is 0 Å². The number of rotatable bonds is 24. The van der Waals surface area contributed by atoms with Crippen molar-refractivity contribution in [1.82, 2.24) is 26.6 Å². The second-order valence-electron chi connectivity index (χ2n) is 20.9. The molecule has 1 saturated carbocycles. The van der Waals surface area contributed by atoms with Crippen LogP contribution in [0.25, 0.3) is 0 Å². The van der Waals surface area contributed by atoms with Crippen LogP contribution < -0.4 is 32.3 Å². The average Bonchev–Trinajstić information content (AvgIpc) is 2.56. The van der Waals surface area contributed by atoms with Crippen LogP contribution in [-0.4, -0.2) is 157 Å². The number of aliphatic hydroxyl groups is 3. The van der Waals surface area contributed by atoms with Crippen LogP contribution >= 0.6 is 0 Å². The van der Waals surface area contributed by atoms with E-state index in [1.54, 1.807) is 127 Å². The number of benzene rings is 5. The van der Waals surface area contributed by atoms with Gasteiger partial charge in [0.25, 0.3) is 0 Å². The van der Waals surface area contributed by atoms with E-state index in [-0.39, 0.29) is 52.5 Å². The van der Waals surface area contributed by atoms with E-state index in [1.165, 1.54) is 0 Å². The van der Waals surface area contributed by atoms with E-state index in [4.69, 9.17) is 57.8 Å². The molecule has 15 atom stereocenters. The Labute approximate surface area is 507 Å². The van der Waals surface area contributed by atoms with Crippen LogP contribution in [0.4, 0.5) is 24.0 Å². The minimum Gasteiger partial charge on any atom is -0.445 e. The third-order valence-corrected chi connectivity index (χ3v) is 14.5. The molecule has 25 heteroatoms. The topological polar surface area (TPSA) is 334 Å². The first-order valence-corrected chi connectivity index (χ1v) is 28.7. The molecular formula is C63H72N6O19. The molecule has 3 heterocycles. The summed E-state index contributed by atoms with van der Waals surface area (Å²) >= 11 is 0. The third-order valence-electron chi connectivity index (χ3n) is 14.5. The van der Waals surface area contributed by atoms with E-state index in [9.17, 15) is 39.3 Å². The predicted octanol–water partition coefficient (Wildman–Crippen LogP) is 4.61. The molecule has 5 aromatic carbocycles. The molecule has 0 radical (unpaired) electrons. The van der Waals surface area contributed by atoms with Gasteiger partial charge in [-0.2, -0.15) is 0 Å². The predicted molar refractivity (Wildman–Crippen MR) is 310 cm³/mol. The van der Waals surface area contributed by atoms with Gasteiger partial charge in [-0.1, -0.05) is 176 Å². The fourth-order valence-electron chi connectivity index (χ4n) is 9.91. The Morgan fingerprint density at radius 3 is 1.17 bits per heavy atom. The Balaban J connectivity index is 0.939.